The number of nitrogens with two attached hydrogens (primary N) is 1. The second-order valence-electron chi connectivity index (χ2n) is 7.93. The van der Waals surface area contributed by atoms with E-state index in [-0.39, 0.29) is 40.3 Å². The van der Waals surface area contributed by atoms with Crippen LogP contribution < -0.4 is 11.1 Å². The van der Waals surface area contributed by atoms with Crippen molar-refractivity contribution in [3.05, 3.63) is 46.9 Å². The van der Waals surface area contributed by atoms with Gasteiger partial charge in [0.1, 0.15) is 0 Å². The average molecular weight is 407 g/mol. The molecule has 2 fully saturated rings. The summed E-state index contributed by atoms with van der Waals surface area (Å²) in [4.78, 5) is 12.5. The fourth-order valence-corrected chi connectivity index (χ4v) is 6.61. The molecule has 1 saturated heterocycles. The van der Waals surface area contributed by atoms with Gasteiger partial charge in [-0.1, -0.05) is 37.3 Å². The molecule has 1 aromatic rings. The van der Waals surface area contributed by atoms with Gasteiger partial charge < -0.3 is 16.2 Å². The molecule has 146 valence electrons. The van der Waals surface area contributed by atoms with E-state index in [1.165, 1.54) is 5.56 Å². The van der Waals surface area contributed by atoms with E-state index in [2.05, 4.69) is 42.6 Å². The Kier molecular flexibility index (Phi) is 5.57. The van der Waals surface area contributed by atoms with E-state index in [4.69, 9.17) is 17.3 Å². The van der Waals surface area contributed by atoms with E-state index in [1.54, 1.807) is 11.8 Å². The van der Waals surface area contributed by atoms with Gasteiger partial charge in [0, 0.05) is 17.9 Å². The molecule has 0 bridgehead atoms. The van der Waals surface area contributed by atoms with Crippen molar-refractivity contribution in [2.45, 2.75) is 54.4 Å². The third-order valence-corrected chi connectivity index (χ3v) is 8.14. The summed E-state index contributed by atoms with van der Waals surface area (Å²) in [5.41, 5.74) is 8.25. The summed E-state index contributed by atoms with van der Waals surface area (Å²) >= 11 is 8.15. The van der Waals surface area contributed by atoms with Crippen molar-refractivity contribution in [3.63, 3.8) is 0 Å². The maximum absolute atomic E-state index is 12.5. The van der Waals surface area contributed by atoms with Crippen LogP contribution in [0.4, 0.5) is 0 Å². The number of fused-ring (bicyclic) bond motifs is 3. The molecule has 4 nitrogen and oxygen atoms in total. The average Bonchev–Trinajstić information content (AvgIpc) is 3.15. The molecule has 8 atom stereocenters. The lowest BCUT2D eigenvalue weighted by Crippen LogP contribution is -2.63. The van der Waals surface area contributed by atoms with Crippen LogP contribution in [0.2, 0.25) is 0 Å². The maximum Gasteiger partial charge on any atom is 0.234 e. The van der Waals surface area contributed by atoms with Crippen LogP contribution >= 0.6 is 23.4 Å². The molecule has 0 radical (unpaired) electrons. The number of rotatable bonds is 4. The van der Waals surface area contributed by atoms with Crippen molar-refractivity contribution >= 4 is 29.3 Å². The summed E-state index contributed by atoms with van der Waals surface area (Å²) in [6.45, 7) is 2.79. The Hall–Kier alpha value is -1.01. The summed E-state index contributed by atoms with van der Waals surface area (Å²) in [5, 5.41) is 15.8. The molecule has 1 saturated carbocycles. The first-order valence-electron chi connectivity index (χ1n) is 9.79. The number of aliphatic hydroxyl groups is 1. The fourth-order valence-electron chi connectivity index (χ4n) is 5.11. The highest BCUT2D eigenvalue weighted by Gasteiger charge is 2.54. The van der Waals surface area contributed by atoms with E-state index >= 15 is 0 Å². The van der Waals surface area contributed by atoms with E-state index in [0.29, 0.717) is 18.9 Å². The molecule has 1 aliphatic carbocycles. The number of piperidine rings is 1. The largest absolute Gasteiger partial charge is 0.392 e. The van der Waals surface area contributed by atoms with Crippen molar-refractivity contribution in [3.8, 4) is 0 Å². The molecule has 1 amide bonds. The smallest absolute Gasteiger partial charge is 0.234 e. The molecule has 3 aliphatic rings. The zero-order valence-corrected chi connectivity index (χ0v) is 17.0. The molecule has 4 rings (SSSR count). The first kappa shape index (κ1) is 19.3. The van der Waals surface area contributed by atoms with Crippen LogP contribution in [-0.4, -0.2) is 40.3 Å². The fraction of sp³-hybridized carbons (Fsp3) is 0.571. The van der Waals surface area contributed by atoms with Gasteiger partial charge in [-0.15, -0.1) is 23.4 Å². The van der Waals surface area contributed by atoms with Crippen molar-refractivity contribution in [1.82, 2.24) is 5.32 Å². The Balaban J connectivity index is 1.68. The normalized spacial score (nSPS) is 38.8. The number of aliphatic hydroxyl groups excluding tert-OH is 1. The van der Waals surface area contributed by atoms with Crippen molar-refractivity contribution < 1.29 is 9.90 Å². The minimum atomic E-state index is -0.509. The van der Waals surface area contributed by atoms with E-state index < -0.39 is 6.10 Å². The van der Waals surface area contributed by atoms with Crippen LogP contribution in [0.25, 0.3) is 0 Å². The Morgan fingerprint density at radius 3 is 2.78 bits per heavy atom. The molecule has 4 N–H and O–H groups in total. The molecular weight excluding hydrogens is 380 g/mol. The third kappa shape index (κ3) is 3.33. The highest BCUT2D eigenvalue weighted by Crippen LogP contribution is 2.51. The standard InChI is InChI=1S/C21H27ClN2O2S/c1-2-11(10-23)12-3-5-13(6-4-12)17-16(25)9-15(22)19-18(17)14-7-8-27-20(14)21(26)24-19/h3-8,11,14-20,25H,2,9-10,23H2,1H3,(H,24,26). The van der Waals surface area contributed by atoms with Crippen molar-refractivity contribution in [2.24, 2.45) is 17.6 Å². The molecule has 2 aliphatic heterocycles. The second kappa shape index (κ2) is 7.78. The number of allylic oxidation sites excluding steroid dienone is 1. The van der Waals surface area contributed by atoms with E-state index in [1.807, 2.05) is 5.41 Å². The van der Waals surface area contributed by atoms with Crippen LogP contribution in [0.1, 0.15) is 42.7 Å². The lowest BCUT2D eigenvalue weighted by atomic mass is 9.63. The Bertz CT molecular complexity index is 721. The summed E-state index contributed by atoms with van der Waals surface area (Å²) in [6, 6.07) is 8.44. The first-order chi connectivity index (χ1) is 13.0. The Morgan fingerprint density at radius 2 is 2.11 bits per heavy atom. The van der Waals surface area contributed by atoms with Gasteiger partial charge in [0.25, 0.3) is 0 Å². The third-order valence-electron chi connectivity index (χ3n) is 6.56. The lowest BCUT2D eigenvalue weighted by Gasteiger charge is -2.50. The van der Waals surface area contributed by atoms with Crippen LogP contribution in [-0.2, 0) is 4.79 Å². The zero-order valence-electron chi connectivity index (χ0n) is 15.4. The summed E-state index contributed by atoms with van der Waals surface area (Å²) < 4.78 is 0. The summed E-state index contributed by atoms with van der Waals surface area (Å²) in [6.07, 6.45) is 3.13. The SMILES string of the molecule is CCC(CN)c1ccc(C2C(O)CC(Cl)C3NC(=O)C4SC=CC4C32)cc1. The predicted molar refractivity (Wildman–Crippen MR) is 111 cm³/mol. The number of amides is 1. The molecule has 1 aromatic carbocycles. The van der Waals surface area contributed by atoms with Gasteiger partial charge >= 0.3 is 0 Å². The van der Waals surface area contributed by atoms with E-state index in [0.717, 1.165) is 12.0 Å². The summed E-state index contributed by atoms with van der Waals surface area (Å²) in [5.74, 6) is 0.618. The zero-order chi connectivity index (χ0) is 19.1. The number of thioether (sulfide) groups is 1. The molecule has 8 unspecified atom stereocenters. The maximum atomic E-state index is 12.5. The van der Waals surface area contributed by atoms with Crippen LogP contribution in [0.5, 0.6) is 0 Å². The Labute approximate surface area is 169 Å². The number of alkyl halides is 1. The number of halogens is 1. The topological polar surface area (TPSA) is 75.3 Å². The number of hydrogen-bond donors (Lipinski definition) is 3. The number of hydrogen-bond acceptors (Lipinski definition) is 4. The minimum Gasteiger partial charge on any atom is -0.392 e. The molecule has 6 heteroatoms. The van der Waals surface area contributed by atoms with Gasteiger partial charge in [0.05, 0.1) is 16.7 Å². The van der Waals surface area contributed by atoms with Gasteiger partial charge in [0.2, 0.25) is 5.91 Å². The van der Waals surface area contributed by atoms with Crippen LogP contribution in [0.3, 0.4) is 0 Å². The van der Waals surface area contributed by atoms with Crippen molar-refractivity contribution in [1.29, 1.82) is 0 Å². The number of carbonyl (C=O) groups is 1. The molecule has 0 aromatic heterocycles. The highest BCUT2D eigenvalue weighted by atomic mass is 35.5. The van der Waals surface area contributed by atoms with Crippen LogP contribution in [0, 0.1) is 11.8 Å². The van der Waals surface area contributed by atoms with Crippen molar-refractivity contribution in [2.75, 3.05) is 6.54 Å². The van der Waals surface area contributed by atoms with Gasteiger partial charge in [0.15, 0.2) is 0 Å². The number of nitrogens with one attached hydrogen (secondary N) is 1. The molecule has 27 heavy (non-hydrogen) atoms. The highest BCUT2D eigenvalue weighted by molar-refractivity contribution is 8.03. The Morgan fingerprint density at radius 1 is 1.37 bits per heavy atom. The lowest BCUT2D eigenvalue weighted by molar-refractivity contribution is -0.126. The number of carbonyl (C=O) groups excluding carboxylic acids is 1. The number of benzene rings is 1. The first-order valence-corrected chi connectivity index (χ1v) is 11.2. The second-order valence-corrected chi connectivity index (χ2v) is 9.54. The molecular formula is C21H27ClN2O2S. The van der Waals surface area contributed by atoms with Gasteiger partial charge in [-0.2, -0.15) is 0 Å². The van der Waals surface area contributed by atoms with E-state index in [9.17, 15) is 9.90 Å². The minimum absolute atomic E-state index is 0.0338. The molecule has 0 spiro atoms. The van der Waals surface area contributed by atoms with Gasteiger partial charge in [-0.3, -0.25) is 4.79 Å². The quantitative estimate of drug-likeness (QED) is 0.672. The molecule has 2 heterocycles. The predicted octanol–water partition coefficient (Wildman–Crippen LogP) is 2.95. The monoisotopic (exact) mass is 406 g/mol. The van der Waals surface area contributed by atoms with Crippen LogP contribution in [0.15, 0.2) is 35.7 Å². The van der Waals surface area contributed by atoms with Gasteiger partial charge in [-0.25, -0.2) is 0 Å². The summed E-state index contributed by atoms with van der Waals surface area (Å²) in [7, 11) is 0. The van der Waals surface area contributed by atoms with Gasteiger partial charge in [-0.05, 0) is 47.8 Å².